The predicted molar refractivity (Wildman–Crippen MR) is 78.1 cm³/mol. The maximum atomic E-state index is 13.2. The molecule has 1 fully saturated rings. The third-order valence-electron chi connectivity index (χ3n) is 4.09. The summed E-state index contributed by atoms with van der Waals surface area (Å²) in [5, 5.41) is 3.40. The molecule has 1 atom stereocenters. The van der Waals surface area contributed by atoms with E-state index in [2.05, 4.69) is 16.4 Å². The minimum atomic E-state index is -0.182. The Morgan fingerprint density at radius 2 is 1.80 bits per heavy atom. The van der Waals surface area contributed by atoms with E-state index in [9.17, 15) is 4.39 Å². The summed E-state index contributed by atoms with van der Waals surface area (Å²) in [6.45, 7) is 2.10. The Balaban J connectivity index is 1.96. The molecule has 2 aromatic rings. The zero-order valence-electron chi connectivity index (χ0n) is 11.4. The molecular formula is C17H19FN2. The van der Waals surface area contributed by atoms with Crippen LogP contribution in [0, 0.1) is 11.7 Å². The highest BCUT2D eigenvalue weighted by Crippen LogP contribution is 2.35. The molecule has 1 aromatic carbocycles. The minimum Gasteiger partial charge on any atom is -0.317 e. The Kier molecular flexibility index (Phi) is 4.07. The fraction of sp³-hybridized carbons (Fsp3) is 0.353. The molecule has 2 heterocycles. The molecule has 1 aliphatic rings. The van der Waals surface area contributed by atoms with Crippen LogP contribution in [0.3, 0.4) is 0 Å². The van der Waals surface area contributed by atoms with Crippen LogP contribution in [0.25, 0.3) is 0 Å². The number of halogens is 1. The van der Waals surface area contributed by atoms with Gasteiger partial charge in [0.2, 0.25) is 0 Å². The first-order chi connectivity index (χ1) is 9.84. The first kappa shape index (κ1) is 13.3. The van der Waals surface area contributed by atoms with Crippen LogP contribution in [0.15, 0.2) is 48.7 Å². The van der Waals surface area contributed by atoms with Crippen LogP contribution < -0.4 is 5.32 Å². The summed E-state index contributed by atoms with van der Waals surface area (Å²) in [7, 11) is 0. The van der Waals surface area contributed by atoms with E-state index in [-0.39, 0.29) is 11.7 Å². The van der Waals surface area contributed by atoms with E-state index in [4.69, 9.17) is 0 Å². The number of aromatic nitrogens is 1. The van der Waals surface area contributed by atoms with Gasteiger partial charge in [-0.2, -0.15) is 0 Å². The van der Waals surface area contributed by atoms with Gasteiger partial charge in [0.05, 0.1) is 0 Å². The van der Waals surface area contributed by atoms with Crippen molar-refractivity contribution in [3.8, 4) is 0 Å². The average Bonchev–Trinajstić information content (AvgIpc) is 2.52. The summed E-state index contributed by atoms with van der Waals surface area (Å²) in [5.41, 5.74) is 2.25. The number of piperidine rings is 1. The van der Waals surface area contributed by atoms with Gasteiger partial charge in [-0.05, 0) is 61.7 Å². The lowest BCUT2D eigenvalue weighted by atomic mass is 9.78. The van der Waals surface area contributed by atoms with Gasteiger partial charge in [-0.3, -0.25) is 4.98 Å². The van der Waals surface area contributed by atoms with E-state index in [0.717, 1.165) is 37.2 Å². The standard InChI is InChI=1S/C17H19FN2/c18-15-6-4-13(5-7-15)17(14-8-11-19-12-9-14)16-3-1-2-10-20-16/h1-7,10,14,17,19H,8-9,11-12H2. The van der Waals surface area contributed by atoms with Crippen LogP contribution in [0.5, 0.6) is 0 Å². The Morgan fingerprint density at radius 3 is 2.45 bits per heavy atom. The molecule has 0 amide bonds. The maximum absolute atomic E-state index is 13.2. The normalized spacial score (nSPS) is 17.9. The Labute approximate surface area is 119 Å². The van der Waals surface area contributed by atoms with Gasteiger partial charge in [0, 0.05) is 17.8 Å². The van der Waals surface area contributed by atoms with Crippen molar-refractivity contribution in [2.24, 2.45) is 5.92 Å². The SMILES string of the molecule is Fc1ccc(C(c2ccccn2)C2CCNCC2)cc1. The molecule has 1 aliphatic heterocycles. The molecule has 2 nitrogen and oxygen atoms in total. The van der Waals surface area contributed by atoms with Crippen molar-refractivity contribution < 1.29 is 4.39 Å². The minimum absolute atomic E-state index is 0.182. The number of benzene rings is 1. The molecule has 1 aromatic heterocycles. The Morgan fingerprint density at radius 1 is 1.05 bits per heavy atom. The van der Waals surface area contributed by atoms with Crippen molar-refractivity contribution in [2.45, 2.75) is 18.8 Å². The van der Waals surface area contributed by atoms with Gasteiger partial charge in [-0.1, -0.05) is 18.2 Å². The molecule has 20 heavy (non-hydrogen) atoms. The Bertz CT molecular complexity index is 533. The fourth-order valence-electron chi connectivity index (χ4n) is 3.09. The number of rotatable bonds is 3. The first-order valence-electron chi connectivity index (χ1n) is 7.22. The second-order valence-corrected chi connectivity index (χ2v) is 5.37. The first-order valence-corrected chi connectivity index (χ1v) is 7.22. The van der Waals surface area contributed by atoms with Crippen molar-refractivity contribution in [1.82, 2.24) is 10.3 Å². The van der Waals surface area contributed by atoms with Crippen molar-refractivity contribution in [3.05, 3.63) is 65.7 Å². The average molecular weight is 270 g/mol. The molecule has 0 bridgehead atoms. The van der Waals surface area contributed by atoms with Gasteiger partial charge in [0.15, 0.2) is 0 Å². The molecule has 0 radical (unpaired) electrons. The van der Waals surface area contributed by atoms with E-state index in [1.54, 1.807) is 12.1 Å². The van der Waals surface area contributed by atoms with Crippen LogP contribution in [-0.4, -0.2) is 18.1 Å². The lowest BCUT2D eigenvalue weighted by Gasteiger charge is -2.30. The molecule has 1 N–H and O–H groups in total. The van der Waals surface area contributed by atoms with E-state index in [1.165, 1.54) is 0 Å². The summed E-state index contributed by atoms with van der Waals surface area (Å²) < 4.78 is 13.2. The molecule has 0 aliphatic carbocycles. The molecule has 0 saturated carbocycles. The van der Waals surface area contributed by atoms with E-state index >= 15 is 0 Å². The molecule has 3 heteroatoms. The third-order valence-corrected chi connectivity index (χ3v) is 4.09. The van der Waals surface area contributed by atoms with Crippen LogP contribution in [0.1, 0.15) is 30.0 Å². The highest BCUT2D eigenvalue weighted by atomic mass is 19.1. The van der Waals surface area contributed by atoms with Crippen molar-refractivity contribution >= 4 is 0 Å². The second-order valence-electron chi connectivity index (χ2n) is 5.37. The highest BCUT2D eigenvalue weighted by molar-refractivity contribution is 5.30. The molecule has 1 unspecified atom stereocenters. The lowest BCUT2D eigenvalue weighted by Crippen LogP contribution is -2.31. The van der Waals surface area contributed by atoms with E-state index < -0.39 is 0 Å². The molecular weight excluding hydrogens is 251 g/mol. The molecule has 1 saturated heterocycles. The summed E-state index contributed by atoms with van der Waals surface area (Å²) in [4.78, 5) is 4.54. The van der Waals surface area contributed by atoms with Gasteiger partial charge < -0.3 is 5.32 Å². The smallest absolute Gasteiger partial charge is 0.123 e. The van der Waals surface area contributed by atoms with Gasteiger partial charge in [-0.25, -0.2) is 4.39 Å². The number of hydrogen-bond acceptors (Lipinski definition) is 2. The fourth-order valence-corrected chi connectivity index (χ4v) is 3.09. The number of nitrogens with zero attached hydrogens (tertiary/aromatic N) is 1. The zero-order chi connectivity index (χ0) is 13.8. The second kappa shape index (κ2) is 6.14. The summed E-state index contributed by atoms with van der Waals surface area (Å²) in [5.74, 6) is 0.648. The van der Waals surface area contributed by atoms with Crippen LogP contribution in [-0.2, 0) is 0 Å². The van der Waals surface area contributed by atoms with E-state index in [1.807, 2.05) is 30.5 Å². The molecule has 0 spiro atoms. The zero-order valence-corrected chi connectivity index (χ0v) is 11.4. The molecule has 104 valence electrons. The summed E-state index contributed by atoms with van der Waals surface area (Å²) in [6.07, 6.45) is 4.12. The van der Waals surface area contributed by atoms with Crippen molar-refractivity contribution in [1.29, 1.82) is 0 Å². The summed E-state index contributed by atoms with van der Waals surface area (Å²) in [6, 6.07) is 12.9. The van der Waals surface area contributed by atoms with Crippen molar-refractivity contribution in [2.75, 3.05) is 13.1 Å². The van der Waals surface area contributed by atoms with Gasteiger partial charge >= 0.3 is 0 Å². The summed E-state index contributed by atoms with van der Waals surface area (Å²) >= 11 is 0. The van der Waals surface area contributed by atoms with Crippen molar-refractivity contribution in [3.63, 3.8) is 0 Å². The third kappa shape index (κ3) is 2.88. The van der Waals surface area contributed by atoms with Crippen LogP contribution in [0.4, 0.5) is 4.39 Å². The topological polar surface area (TPSA) is 24.9 Å². The predicted octanol–water partition coefficient (Wildman–Crippen LogP) is 3.35. The van der Waals surface area contributed by atoms with Gasteiger partial charge in [0.1, 0.15) is 5.82 Å². The maximum Gasteiger partial charge on any atom is 0.123 e. The van der Waals surface area contributed by atoms with Crippen LogP contribution in [0.2, 0.25) is 0 Å². The van der Waals surface area contributed by atoms with Gasteiger partial charge in [0.25, 0.3) is 0 Å². The number of hydrogen-bond donors (Lipinski definition) is 1. The highest BCUT2D eigenvalue weighted by Gasteiger charge is 2.27. The van der Waals surface area contributed by atoms with Crippen LogP contribution >= 0.6 is 0 Å². The number of nitrogens with one attached hydrogen (secondary N) is 1. The van der Waals surface area contributed by atoms with Gasteiger partial charge in [-0.15, -0.1) is 0 Å². The van der Waals surface area contributed by atoms with E-state index in [0.29, 0.717) is 5.92 Å². The quantitative estimate of drug-likeness (QED) is 0.925. The lowest BCUT2D eigenvalue weighted by molar-refractivity contribution is 0.339. The molecule has 3 rings (SSSR count). The Hall–Kier alpha value is -1.74. The number of pyridine rings is 1. The monoisotopic (exact) mass is 270 g/mol. The largest absolute Gasteiger partial charge is 0.317 e.